The number of hydrogen-bond acceptors (Lipinski definition) is 4. The van der Waals surface area contributed by atoms with Crippen LogP contribution in [0.2, 0.25) is 0 Å². The number of carboxylic acid groups (broad SMARTS) is 1. The molecule has 1 aromatic rings. The Morgan fingerprint density at radius 1 is 1.48 bits per heavy atom. The Morgan fingerprint density at radius 2 is 2.29 bits per heavy atom. The van der Waals surface area contributed by atoms with Gasteiger partial charge in [0.2, 0.25) is 0 Å². The number of benzene rings is 1. The fraction of sp³-hybridized carbons (Fsp3) is 0.562. The molecule has 1 aromatic carbocycles. The summed E-state index contributed by atoms with van der Waals surface area (Å²) in [4.78, 5) is 13.5. The van der Waals surface area contributed by atoms with E-state index in [1.54, 1.807) is 25.3 Å². The Hall–Kier alpha value is -1.75. The van der Waals surface area contributed by atoms with Crippen molar-refractivity contribution in [2.45, 2.75) is 32.3 Å². The molecule has 21 heavy (non-hydrogen) atoms. The van der Waals surface area contributed by atoms with Gasteiger partial charge in [-0.1, -0.05) is 6.92 Å². The van der Waals surface area contributed by atoms with E-state index in [9.17, 15) is 9.90 Å². The molecule has 0 spiro atoms. The predicted octanol–water partition coefficient (Wildman–Crippen LogP) is 2.79. The summed E-state index contributed by atoms with van der Waals surface area (Å²) in [5.74, 6) is -0.240. The highest BCUT2D eigenvalue weighted by Gasteiger charge is 2.24. The van der Waals surface area contributed by atoms with Crippen molar-refractivity contribution in [3.05, 3.63) is 23.8 Å². The highest BCUT2D eigenvalue weighted by atomic mass is 16.5. The first-order valence-corrected chi connectivity index (χ1v) is 7.43. The minimum Gasteiger partial charge on any atom is -0.497 e. The monoisotopic (exact) mass is 293 g/mol. The van der Waals surface area contributed by atoms with Gasteiger partial charge in [-0.05, 0) is 31.4 Å². The van der Waals surface area contributed by atoms with Gasteiger partial charge in [-0.15, -0.1) is 0 Å². The third kappa shape index (κ3) is 3.88. The van der Waals surface area contributed by atoms with Gasteiger partial charge in [0.15, 0.2) is 0 Å². The minimum absolute atomic E-state index is 0.173. The van der Waals surface area contributed by atoms with E-state index >= 15 is 0 Å². The van der Waals surface area contributed by atoms with Gasteiger partial charge in [-0.3, -0.25) is 0 Å². The van der Waals surface area contributed by atoms with Crippen molar-refractivity contribution in [3.63, 3.8) is 0 Å². The van der Waals surface area contributed by atoms with E-state index in [1.165, 1.54) is 0 Å². The topological polar surface area (TPSA) is 59.0 Å². The fourth-order valence-corrected chi connectivity index (χ4v) is 2.66. The van der Waals surface area contributed by atoms with Crippen LogP contribution in [0, 0.1) is 0 Å². The van der Waals surface area contributed by atoms with Crippen LogP contribution in [0.15, 0.2) is 18.2 Å². The van der Waals surface area contributed by atoms with Crippen LogP contribution in [0.25, 0.3) is 0 Å². The first-order chi connectivity index (χ1) is 10.2. The lowest BCUT2D eigenvalue weighted by atomic mass is 10.0. The summed E-state index contributed by atoms with van der Waals surface area (Å²) in [7, 11) is 1.59. The van der Waals surface area contributed by atoms with Gasteiger partial charge in [0, 0.05) is 25.8 Å². The van der Waals surface area contributed by atoms with Crippen LogP contribution in [-0.4, -0.2) is 44.0 Å². The van der Waals surface area contributed by atoms with Crippen LogP contribution in [0.5, 0.6) is 5.75 Å². The van der Waals surface area contributed by atoms with E-state index in [4.69, 9.17) is 9.47 Å². The molecule has 0 aromatic heterocycles. The maximum absolute atomic E-state index is 11.4. The second kappa shape index (κ2) is 7.31. The first-order valence-electron chi connectivity index (χ1n) is 7.43. The van der Waals surface area contributed by atoms with Gasteiger partial charge < -0.3 is 19.5 Å². The van der Waals surface area contributed by atoms with Crippen molar-refractivity contribution in [3.8, 4) is 5.75 Å². The molecule has 5 heteroatoms. The normalized spacial score (nSPS) is 18.6. The first kappa shape index (κ1) is 15.6. The zero-order valence-corrected chi connectivity index (χ0v) is 12.7. The minimum atomic E-state index is -0.913. The number of aromatic carboxylic acids is 1. The third-order valence-corrected chi connectivity index (χ3v) is 3.71. The average molecular weight is 293 g/mol. The molecule has 1 fully saturated rings. The Kier molecular flexibility index (Phi) is 5.44. The van der Waals surface area contributed by atoms with Crippen LogP contribution in [0.4, 0.5) is 5.69 Å². The van der Waals surface area contributed by atoms with Crippen LogP contribution >= 0.6 is 0 Å². The molecule has 0 bridgehead atoms. The number of carbonyl (C=O) groups is 1. The van der Waals surface area contributed by atoms with Gasteiger partial charge in [0.25, 0.3) is 0 Å². The zero-order valence-electron chi connectivity index (χ0n) is 12.7. The molecule has 5 nitrogen and oxygen atoms in total. The number of nitrogens with zero attached hydrogens (tertiary/aromatic N) is 1. The number of methoxy groups -OCH3 is 1. The molecule has 1 N–H and O–H groups in total. The molecular weight excluding hydrogens is 270 g/mol. The van der Waals surface area contributed by atoms with Gasteiger partial charge in [0.1, 0.15) is 5.75 Å². The summed E-state index contributed by atoms with van der Waals surface area (Å²) >= 11 is 0. The smallest absolute Gasteiger partial charge is 0.337 e. The Labute approximate surface area is 125 Å². The molecule has 1 aliphatic rings. The maximum Gasteiger partial charge on any atom is 0.337 e. The van der Waals surface area contributed by atoms with E-state index in [0.717, 1.165) is 39.0 Å². The lowest BCUT2D eigenvalue weighted by Gasteiger charge is -2.35. The zero-order chi connectivity index (χ0) is 15.2. The van der Waals surface area contributed by atoms with Crippen molar-refractivity contribution in [1.82, 2.24) is 0 Å². The van der Waals surface area contributed by atoms with E-state index in [1.807, 2.05) is 0 Å². The Balaban J connectivity index is 2.20. The summed E-state index contributed by atoms with van der Waals surface area (Å²) in [6.07, 6.45) is 3.20. The number of rotatable bonds is 6. The molecule has 1 aliphatic heterocycles. The molecular formula is C16H23NO4. The number of ether oxygens (including phenoxy) is 2. The van der Waals surface area contributed by atoms with Gasteiger partial charge in [-0.2, -0.15) is 0 Å². The standard InChI is InChI=1S/C16H23NO4/c1-3-9-21-13-5-4-8-17(11-13)15-10-12(20-2)6-7-14(15)16(18)19/h6-7,10,13H,3-5,8-9,11H2,1-2H3,(H,18,19). The summed E-state index contributed by atoms with van der Waals surface area (Å²) in [6, 6.07) is 5.08. The van der Waals surface area contributed by atoms with Crippen molar-refractivity contribution < 1.29 is 19.4 Å². The second-order valence-electron chi connectivity index (χ2n) is 5.27. The number of hydrogen-bond donors (Lipinski definition) is 1. The van der Waals surface area contributed by atoms with Gasteiger partial charge in [-0.25, -0.2) is 4.79 Å². The molecule has 1 saturated heterocycles. The largest absolute Gasteiger partial charge is 0.497 e. The predicted molar refractivity (Wildman–Crippen MR) is 81.4 cm³/mol. The van der Waals surface area contributed by atoms with Gasteiger partial charge >= 0.3 is 5.97 Å². The highest BCUT2D eigenvalue weighted by Crippen LogP contribution is 2.29. The molecule has 116 valence electrons. The van der Waals surface area contributed by atoms with E-state index < -0.39 is 5.97 Å². The third-order valence-electron chi connectivity index (χ3n) is 3.71. The molecule has 0 radical (unpaired) electrons. The SMILES string of the molecule is CCCOC1CCCN(c2cc(OC)ccc2C(=O)O)C1. The summed E-state index contributed by atoms with van der Waals surface area (Å²) in [5, 5.41) is 9.37. The Bertz CT molecular complexity index is 489. The molecule has 0 amide bonds. The number of anilines is 1. The van der Waals surface area contributed by atoms with Gasteiger partial charge in [0.05, 0.1) is 24.5 Å². The highest BCUT2D eigenvalue weighted by molar-refractivity contribution is 5.95. The molecule has 0 aliphatic carbocycles. The van der Waals surface area contributed by atoms with Crippen molar-refractivity contribution in [2.75, 3.05) is 31.7 Å². The summed E-state index contributed by atoms with van der Waals surface area (Å²) in [6.45, 7) is 4.42. The van der Waals surface area contributed by atoms with E-state index in [-0.39, 0.29) is 6.10 Å². The quantitative estimate of drug-likeness (QED) is 0.874. The number of piperidine rings is 1. The maximum atomic E-state index is 11.4. The molecule has 0 saturated carbocycles. The summed E-state index contributed by atoms with van der Waals surface area (Å²) < 4.78 is 11.0. The molecule has 1 heterocycles. The average Bonchev–Trinajstić information content (AvgIpc) is 2.52. The summed E-state index contributed by atoms with van der Waals surface area (Å²) in [5.41, 5.74) is 1.03. The van der Waals surface area contributed by atoms with Crippen molar-refractivity contribution >= 4 is 11.7 Å². The lowest BCUT2D eigenvalue weighted by Crippen LogP contribution is -2.40. The fourth-order valence-electron chi connectivity index (χ4n) is 2.66. The lowest BCUT2D eigenvalue weighted by molar-refractivity contribution is 0.0439. The Morgan fingerprint density at radius 3 is 2.95 bits per heavy atom. The molecule has 2 rings (SSSR count). The molecule has 1 unspecified atom stereocenters. The second-order valence-corrected chi connectivity index (χ2v) is 5.27. The molecule has 1 atom stereocenters. The van der Waals surface area contributed by atoms with Crippen LogP contribution < -0.4 is 9.64 Å². The number of carboxylic acids is 1. The van der Waals surface area contributed by atoms with Crippen molar-refractivity contribution in [2.24, 2.45) is 0 Å². The van der Waals surface area contributed by atoms with Crippen LogP contribution in [0.1, 0.15) is 36.5 Å². The van der Waals surface area contributed by atoms with Crippen LogP contribution in [0.3, 0.4) is 0 Å². The van der Waals surface area contributed by atoms with E-state index in [2.05, 4.69) is 11.8 Å². The van der Waals surface area contributed by atoms with Crippen LogP contribution in [-0.2, 0) is 4.74 Å². The van der Waals surface area contributed by atoms with E-state index in [0.29, 0.717) is 17.0 Å². The van der Waals surface area contributed by atoms with Crippen molar-refractivity contribution in [1.29, 1.82) is 0 Å².